The van der Waals surface area contributed by atoms with Gasteiger partial charge in [-0.3, -0.25) is 0 Å². The van der Waals surface area contributed by atoms with Crippen LogP contribution >= 0.6 is 0 Å². The van der Waals surface area contributed by atoms with E-state index in [0.29, 0.717) is 6.04 Å². The van der Waals surface area contributed by atoms with Gasteiger partial charge in [0.15, 0.2) is 0 Å². The third-order valence-electron chi connectivity index (χ3n) is 3.90. The van der Waals surface area contributed by atoms with Gasteiger partial charge in [0.1, 0.15) is 0 Å². The normalized spacial score (nSPS) is 26.0. The quantitative estimate of drug-likeness (QED) is 0.841. The first-order chi connectivity index (χ1) is 8.43. The first-order valence-electron chi connectivity index (χ1n) is 6.79. The van der Waals surface area contributed by atoms with Crippen molar-refractivity contribution in [2.75, 3.05) is 19.8 Å². The Labute approximate surface area is 103 Å². The SMILES string of the molecule is c1ccc(C(NCC2CCOC2)C2CC2)cc1. The van der Waals surface area contributed by atoms with Crippen molar-refractivity contribution < 1.29 is 4.74 Å². The average molecular weight is 231 g/mol. The standard InChI is InChI=1S/C15H21NO/c1-2-4-13(5-3-1)15(14-6-7-14)16-10-12-8-9-17-11-12/h1-5,12,14-16H,6-11H2. The molecule has 92 valence electrons. The molecule has 0 bridgehead atoms. The van der Waals surface area contributed by atoms with E-state index < -0.39 is 0 Å². The molecule has 2 atom stereocenters. The highest BCUT2D eigenvalue weighted by Crippen LogP contribution is 2.41. The third kappa shape index (κ3) is 2.88. The lowest BCUT2D eigenvalue weighted by atomic mass is 10.0. The molecular weight excluding hydrogens is 210 g/mol. The molecule has 2 nitrogen and oxygen atoms in total. The zero-order chi connectivity index (χ0) is 11.5. The molecule has 1 aromatic carbocycles. The molecule has 1 N–H and O–H groups in total. The number of hydrogen-bond donors (Lipinski definition) is 1. The maximum absolute atomic E-state index is 5.43. The molecule has 1 heterocycles. The van der Waals surface area contributed by atoms with Gasteiger partial charge in [0.2, 0.25) is 0 Å². The molecule has 0 radical (unpaired) electrons. The van der Waals surface area contributed by atoms with Crippen LogP contribution in [0.25, 0.3) is 0 Å². The van der Waals surface area contributed by atoms with Crippen molar-refractivity contribution in [3.8, 4) is 0 Å². The fourth-order valence-corrected chi connectivity index (χ4v) is 2.68. The monoisotopic (exact) mass is 231 g/mol. The van der Waals surface area contributed by atoms with Crippen molar-refractivity contribution in [1.82, 2.24) is 5.32 Å². The number of ether oxygens (including phenoxy) is 1. The smallest absolute Gasteiger partial charge is 0.0507 e. The van der Waals surface area contributed by atoms with Crippen LogP contribution in [0.1, 0.15) is 30.9 Å². The molecule has 0 spiro atoms. The Kier molecular flexibility index (Phi) is 3.44. The van der Waals surface area contributed by atoms with E-state index in [1.54, 1.807) is 0 Å². The van der Waals surface area contributed by atoms with Crippen molar-refractivity contribution >= 4 is 0 Å². The Morgan fingerprint density at radius 3 is 2.65 bits per heavy atom. The highest BCUT2D eigenvalue weighted by atomic mass is 16.5. The van der Waals surface area contributed by atoms with E-state index in [2.05, 4.69) is 35.6 Å². The largest absolute Gasteiger partial charge is 0.381 e. The molecule has 2 heteroatoms. The summed E-state index contributed by atoms with van der Waals surface area (Å²) in [5.74, 6) is 1.58. The summed E-state index contributed by atoms with van der Waals surface area (Å²) in [6, 6.07) is 11.5. The van der Waals surface area contributed by atoms with Gasteiger partial charge < -0.3 is 10.1 Å². The van der Waals surface area contributed by atoms with Crippen LogP contribution in [0.15, 0.2) is 30.3 Å². The second kappa shape index (κ2) is 5.19. The second-order valence-electron chi connectivity index (χ2n) is 5.36. The molecule has 1 aliphatic heterocycles. The molecule has 2 unspecified atom stereocenters. The van der Waals surface area contributed by atoms with Crippen LogP contribution in [0, 0.1) is 11.8 Å². The van der Waals surface area contributed by atoms with Crippen molar-refractivity contribution in [2.45, 2.75) is 25.3 Å². The Morgan fingerprint density at radius 2 is 2.00 bits per heavy atom. The van der Waals surface area contributed by atoms with E-state index in [4.69, 9.17) is 4.74 Å². The summed E-state index contributed by atoms with van der Waals surface area (Å²) in [4.78, 5) is 0. The van der Waals surface area contributed by atoms with Gasteiger partial charge in [0, 0.05) is 19.2 Å². The van der Waals surface area contributed by atoms with Crippen LogP contribution in [0.2, 0.25) is 0 Å². The molecule has 17 heavy (non-hydrogen) atoms. The zero-order valence-electron chi connectivity index (χ0n) is 10.3. The summed E-state index contributed by atoms with van der Waals surface area (Å²) >= 11 is 0. The third-order valence-corrected chi connectivity index (χ3v) is 3.90. The molecule has 1 saturated heterocycles. The van der Waals surface area contributed by atoms with Crippen molar-refractivity contribution in [3.63, 3.8) is 0 Å². The number of hydrogen-bond acceptors (Lipinski definition) is 2. The Morgan fingerprint density at radius 1 is 1.18 bits per heavy atom. The summed E-state index contributed by atoms with van der Waals surface area (Å²) in [6.07, 6.45) is 3.99. The van der Waals surface area contributed by atoms with E-state index in [1.165, 1.54) is 24.8 Å². The minimum atomic E-state index is 0.566. The number of benzene rings is 1. The molecule has 1 aromatic rings. The fourth-order valence-electron chi connectivity index (χ4n) is 2.68. The Balaban J connectivity index is 1.60. The Bertz CT molecular complexity index is 341. The van der Waals surface area contributed by atoms with Gasteiger partial charge in [-0.1, -0.05) is 30.3 Å². The maximum Gasteiger partial charge on any atom is 0.0507 e. The lowest BCUT2D eigenvalue weighted by Crippen LogP contribution is -2.29. The highest BCUT2D eigenvalue weighted by molar-refractivity contribution is 5.21. The van der Waals surface area contributed by atoms with Crippen LogP contribution in [0.4, 0.5) is 0 Å². The van der Waals surface area contributed by atoms with E-state index in [1.807, 2.05) is 0 Å². The predicted molar refractivity (Wildman–Crippen MR) is 68.8 cm³/mol. The molecule has 1 saturated carbocycles. The minimum absolute atomic E-state index is 0.566. The van der Waals surface area contributed by atoms with Crippen LogP contribution in [0.5, 0.6) is 0 Å². The van der Waals surface area contributed by atoms with Gasteiger partial charge in [-0.25, -0.2) is 0 Å². The molecule has 2 aliphatic rings. The molecule has 1 aliphatic carbocycles. The molecular formula is C15H21NO. The van der Waals surface area contributed by atoms with Crippen molar-refractivity contribution in [1.29, 1.82) is 0 Å². The van der Waals surface area contributed by atoms with E-state index in [9.17, 15) is 0 Å². The van der Waals surface area contributed by atoms with Gasteiger partial charge in [-0.15, -0.1) is 0 Å². The van der Waals surface area contributed by atoms with Crippen LogP contribution in [0.3, 0.4) is 0 Å². The predicted octanol–water partition coefficient (Wildman–Crippen LogP) is 2.76. The van der Waals surface area contributed by atoms with Crippen LogP contribution in [-0.4, -0.2) is 19.8 Å². The molecule has 0 amide bonds. The topological polar surface area (TPSA) is 21.3 Å². The number of rotatable bonds is 5. The number of nitrogens with one attached hydrogen (secondary N) is 1. The summed E-state index contributed by atoms with van der Waals surface area (Å²) < 4.78 is 5.43. The van der Waals surface area contributed by atoms with E-state index >= 15 is 0 Å². The average Bonchev–Trinajstić information content (AvgIpc) is 3.07. The minimum Gasteiger partial charge on any atom is -0.381 e. The second-order valence-corrected chi connectivity index (χ2v) is 5.36. The van der Waals surface area contributed by atoms with E-state index in [0.717, 1.165) is 31.6 Å². The molecule has 0 aromatic heterocycles. The van der Waals surface area contributed by atoms with Crippen molar-refractivity contribution in [2.24, 2.45) is 11.8 Å². The lowest BCUT2D eigenvalue weighted by Gasteiger charge is -2.20. The summed E-state index contributed by atoms with van der Waals surface area (Å²) in [5, 5.41) is 3.76. The summed E-state index contributed by atoms with van der Waals surface area (Å²) in [6.45, 7) is 3.00. The van der Waals surface area contributed by atoms with Gasteiger partial charge in [-0.05, 0) is 36.7 Å². The Hall–Kier alpha value is -0.860. The maximum atomic E-state index is 5.43. The van der Waals surface area contributed by atoms with Gasteiger partial charge in [0.25, 0.3) is 0 Å². The van der Waals surface area contributed by atoms with Gasteiger partial charge >= 0.3 is 0 Å². The fraction of sp³-hybridized carbons (Fsp3) is 0.600. The molecule has 2 fully saturated rings. The zero-order valence-corrected chi connectivity index (χ0v) is 10.3. The van der Waals surface area contributed by atoms with Gasteiger partial charge in [-0.2, -0.15) is 0 Å². The van der Waals surface area contributed by atoms with Crippen molar-refractivity contribution in [3.05, 3.63) is 35.9 Å². The first-order valence-corrected chi connectivity index (χ1v) is 6.79. The molecule has 3 rings (SSSR count). The summed E-state index contributed by atoms with van der Waals surface area (Å²) in [5.41, 5.74) is 1.45. The summed E-state index contributed by atoms with van der Waals surface area (Å²) in [7, 11) is 0. The van der Waals surface area contributed by atoms with Gasteiger partial charge in [0.05, 0.1) is 6.61 Å². The van der Waals surface area contributed by atoms with E-state index in [-0.39, 0.29) is 0 Å². The first kappa shape index (κ1) is 11.2. The van der Waals surface area contributed by atoms with Crippen LogP contribution in [-0.2, 0) is 4.74 Å². The highest BCUT2D eigenvalue weighted by Gasteiger charge is 2.32. The van der Waals surface area contributed by atoms with Crippen LogP contribution < -0.4 is 5.32 Å². The lowest BCUT2D eigenvalue weighted by molar-refractivity contribution is 0.184.